The molecule has 0 N–H and O–H groups in total. The summed E-state index contributed by atoms with van der Waals surface area (Å²) in [6.45, 7) is 3.97. The summed E-state index contributed by atoms with van der Waals surface area (Å²) >= 11 is 0. The van der Waals surface area contributed by atoms with E-state index in [0.29, 0.717) is 18.4 Å². The normalized spacial score (nSPS) is 42.8. The molecule has 5 atom stereocenters. The molecule has 4 heteroatoms. The third kappa shape index (κ3) is 1.58. The van der Waals surface area contributed by atoms with Crippen molar-refractivity contribution in [3.63, 3.8) is 0 Å². The lowest BCUT2D eigenvalue weighted by Gasteiger charge is -2.47. The van der Waals surface area contributed by atoms with Crippen molar-refractivity contribution in [2.45, 2.75) is 25.4 Å². The zero-order chi connectivity index (χ0) is 12.0. The Kier molecular flexibility index (Phi) is 2.45. The average molecular weight is 236 g/mol. The van der Waals surface area contributed by atoms with Gasteiger partial charge in [0.15, 0.2) is 0 Å². The molecule has 0 aromatic heterocycles. The van der Waals surface area contributed by atoms with E-state index in [-0.39, 0.29) is 29.9 Å². The minimum Gasteiger partial charge on any atom is -0.465 e. The van der Waals surface area contributed by atoms with E-state index in [1.54, 1.807) is 0 Å². The Morgan fingerprint density at radius 2 is 2.24 bits per heavy atom. The van der Waals surface area contributed by atoms with Gasteiger partial charge in [-0.1, -0.05) is 6.58 Å². The van der Waals surface area contributed by atoms with Crippen LogP contribution < -0.4 is 0 Å². The first kappa shape index (κ1) is 10.8. The van der Waals surface area contributed by atoms with Crippen LogP contribution in [0.15, 0.2) is 12.7 Å². The number of rotatable bonds is 2. The van der Waals surface area contributed by atoms with Crippen LogP contribution in [0, 0.1) is 23.7 Å². The Labute approximate surface area is 100.0 Å². The molecular weight excluding hydrogens is 220 g/mol. The molecule has 2 bridgehead atoms. The highest BCUT2D eigenvalue weighted by Gasteiger charge is 2.56. The molecule has 92 valence electrons. The van der Waals surface area contributed by atoms with Gasteiger partial charge in [-0.05, 0) is 25.2 Å². The topological polar surface area (TPSA) is 52.6 Å². The van der Waals surface area contributed by atoms with E-state index in [9.17, 15) is 9.59 Å². The molecule has 3 saturated carbocycles. The third-order valence-electron chi connectivity index (χ3n) is 4.54. The van der Waals surface area contributed by atoms with E-state index in [1.165, 1.54) is 6.08 Å². The van der Waals surface area contributed by atoms with Crippen LogP contribution >= 0.6 is 0 Å². The Balaban J connectivity index is 1.80. The molecule has 0 spiro atoms. The van der Waals surface area contributed by atoms with E-state index in [4.69, 9.17) is 9.47 Å². The second-order valence-electron chi connectivity index (χ2n) is 5.24. The van der Waals surface area contributed by atoms with Crippen molar-refractivity contribution in [2.75, 3.05) is 6.61 Å². The number of carbonyl (C=O) groups excluding carboxylic acids is 2. The molecular formula is C13H16O4. The van der Waals surface area contributed by atoms with Crippen molar-refractivity contribution >= 4 is 11.9 Å². The Hall–Kier alpha value is -1.32. The lowest BCUT2D eigenvalue weighted by atomic mass is 9.58. The molecule has 1 aliphatic heterocycles. The fraction of sp³-hybridized carbons (Fsp3) is 0.692. The summed E-state index contributed by atoms with van der Waals surface area (Å²) in [7, 11) is 0. The fourth-order valence-electron chi connectivity index (χ4n) is 3.79. The number of carbonyl (C=O) groups is 2. The van der Waals surface area contributed by atoms with E-state index in [1.807, 2.05) is 0 Å². The van der Waals surface area contributed by atoms with E-state index in [2.05, 4.69) is 6.58 Å². The van der Waals surface area contributed by atoms with Crippen LogP contribution in [0.3, 0.4) is 0 Å². The number of hydrogen-bond donors (Lipinski definition) is 0. The van der Waals surface area contributed by atoms with Gasteiger partial charge in [-0.3, -0.25) is 4.79 Å². The van der Waals surface area contributed by atoms with Crippen LogP contribution in [-0.4, -0.2) is 24.6 Å². The monoisotopic (exact) mass is 236 g/mol. The van der Waals surface area contributed by atoms with Gasteiger partial charge in [-0.25, -0.2) is 4.79 Å². The number of fused-ring (bicyclic) bond motifs is 2. The number of ether oxygens (including phenoxy) is 2. The Morgan fingerprint density at radius 3 is 3.00 bits per heavy atom. The van der Waals surface area contributed by atoms with Crippen LogP contribution in [0.2, 0.25) is 0 Å². The van der Waals surface area contributed by atoms with Gasteiger partial charge in [0.25, 0.3) is 0 Å². The predicted molar refractivity (Wildman–Crippen MR) is 58.8 cm³/mol. The molecule has 4 nitrogen and oxygen atoms in total. The molecule has 1 saturated heterocycles. The quantitative estimate of drug-likeness (QED) is 0.535. The molecule has 4 rings (SSSR count). The van der Waals surface area contributed by atoms with Crippen LogP contribution in [0.1, 0.15) is 19.3 Å². The standard InChI is InChI=1S/C13H16O4/c1-2-11(14)17-10-5-7-3-4-8(10)12-9(7)6-16-13(12)15/h2,7-10,12H,1,3-6H2. The summed E-state index contributed by atoms with van der Waals surface area (Å²) in [4.78, 5) is 23.0. The summed E-state index contributed by atoms with van der Waals surface area (Å²) in [5.41, 5.74) is 0. The zero-order valence-electron chi connectivity index (χ0n) is 9.63. The first-order chi connectivity index (χ1) is 8.20. The molecule has 5 unspecified atom stereocenters. The highest BCUT2D eigenvalue weighted by molar-refractivity contribution is 5.81. The van der Waals surface area contributed by atoms with Crippen molar-refractivity contribution in [1.29, 1.82) is 0 Å². The van der Waals surface area contributed by atoms with Gasteiger partial charge in [0, 0.05) is 17.9 Å². The minimum absolute atomic E-state index is 0.0369. The number of hydrogen-bond acceptors (Lipinski definition) is 4. The molecule has 0 aromatic rings. The molecule has 4 aliphatic rings. The Bertz CT molecular complexity index is 376. The van der Waals surface area contributed by atoms with Gasteiger partial charge in [0.1, 0.15) is 6.10 Å². The van der Waals surface area contributed by atoms with Crippen LogP contribution in [0.5, 0.6) is 0 Å². The van der Waals surface area contributed by atoms with Crippen molar-refractivity contribution in [3.05, 3.63) is 12.7 Å². The maximum absolute atomic E-state index is 11.7. The summed E-state index contributed by atoms with van der Waals surface area (Å²) in [6, 6.07) is 0. The minimum atomic E-state index is -0.384. The van der Waals surface area contributed by atoms with Crippen molar-refractivity contribution in [1.82, 2.24) is 0 Å². The first-order valence-electron chi connectivity index (χ1n) is 6.20. The molecule has 1 heterocycles. The fourth-order valence-corrected chi connectivity index (χ4v) is 3.79. The van der Waals surface area contributed by atoms with Gasteiger partial charge in [-0.15, -0.1) is 0 Å². The smallest absolute Gasteiger partial charge is 0.330 e. The van der Waals surface area contributed by atoms with Gasteiger partial charge in [-0.2, -0.15) is 0 Å². The average Bonchev–Trinajstić information content (AvgIpc) is 2.74. The third-order valence-corrected chi connectivity index (χ3v) is 4.54. The SMILES string of the molecule is C=CC(=O)OC1CC2CCC1C1C(=O)OCC21. The molecule has 3 aliphatic carbocycles. The van der Waals surface area contributed by atoms with Crippen molar-refractivity contribution < 1.29 is 19.1 Å². The maximum atomic E-state index is 11.7. The van der Waals surface area contributed by atoms with Crippen molar-refractivity contribution in [3.8, 4) is 0 Å². The molecule has 0 radical (unpaired) electrons. The number of esters is 2. The molecule has 17 heavy (non-hydrogen) atoms. The molecule has 0 aromatic carbocycles. The Morgan fingerprint density at radius 1 is 1.41 bits per heavy atom. The highest BCUT2D eigenvalue weighted by atomic mass is 16.6. The maximum Gasteiger partial charge on any atom is 0.330 e. The van der Waals surface area contributed by atoms with Gasteiger partial charge in [0.05, 0.1) is 12.5 Å². The van der Waals surface area contributed by atoms with Gasteiger partial charge in [0.2, 0.25) is 0 Å². The van der Waals surface area contributed by atoms with E-state index >= 15 is 0 Å². The lowest BCUT2D eigenvalue weighted by Crippen LogP contribution is -2.49. The predicted octanol–water partition coefficient (Wildman–Crippen LogP) is 1.30. The zero-order valence-corrected chi connectivity index (χ0v) is 9.63. The largest absolute Gasteiger partial charge is 0.465 e. The molecule has 0 amide bonds. The van der Waals surface area contributed by atoms with Crippen molar-refractivity contribution in [2.24, 2.45) is 23.7 Å². The number of cyclic esters (lactones) is 1. The summed E-state index contributed by atoms with van der Waals surface area (Å²) in [5.74, 6) is 0.475. The second kappa shape index (κ2) is 3.86. The van der Waals surface area contributed by atoms with E-state index < -0.39 is 0 Å². The molecule has 4 fully saturated rings. The second-order valence-corrected chi connectivity index (χ2v) is 5.24. The van der Waals surface area contributed by atoms with Crippen LogP contribution in [-0.2, 0) is 19.1 Å². The lowest BCUT2D eigenvalue weighted by molar-refractivity contribution is -0.162. The summed E-state index contributed by atoms with van der Waals surface area (Å²) < 4.78 is 10.5. The van der Waals surface area contributed by atoms with E-state index in [0.717, 1.165) is 19.3 Å². The summed E-state index contributed by atoms with van der Waals surface area (Å²) in [6.07, 6.45) is 4.04. The van der Waals surface area contributed by atoms with Crippen LogP contribution in [0.4, 0.5) is 0 Å². The van der Waals surface area contributed by atoms with Gasteiger partial charge < -0.3 is 9.47 Å². The van der Waals surface area contributed by atoms with Crippen LogP contribution in [0.25, 0.3) is 0 Å². The van der Waals surface area contributed by atoms with Gasteiger partial charge >= 0.3 is 11.9 Å². The summed E-state index contributed by atoms with van der Waals surface area (Å²) in [5, 5.41) is 0. The first-order valence-corrected chi connectivity index (χ1v) is 6.20. The highest BCUT2D eigenvalue weighted by Crippen LogP contribution is 2.52.